The predicted molar refractivity (Wildman–Crippen MR) is 110 cm³/mol. The van der Waals surface area contributed by atoms with Crippen LogP contribution in [0.1, 0.15) is 40.2 Å². The maximum Gasteiger partial charge on any atom is 0.327 e. The van der Waals surface area contributed by atoms with Crippen LogP contribution in [0.2, 0.25) is 5.02 Å². The third-order valence-corrected chi connectivity index (χ3v) is 6.04. The standard InChI is InChI=1S/C22H24ClN3O3/c1-14-11-19(15(2)24(14)10-9-16-3-5-17(23)6-4-16)20(27)12-26-21(28)13-25(22(26)29)18-7-8-18/h3-6,11,18H,7-10,12-13H2,1-2H3. The number of carbonyl (C=O) groups excluding carboxylic acids is 3. The van der Waals surface area contributed by atoms with E-state index < -0.39 is 0 Å². The second-order valence-corrected chi connectivity index (χ2v) is 8.29. The number of halogens is 1. The van der Waals surface area contributed by atoms with Gasteiger partial charge >= 0.3 is 6.03 Å². The van der Waals surface area contributed by atoms with E-state index in [0.29, 0.717) is 10.6 Å². The van der Waals surface area contributed by atoms with Crippen LogP contribution >= 0.6 is 11.6 Å². The minimum absolute atomic E-state index is 0.0941. The molecule has 4 rings (SSSR count). The molecule has 2 fully saturated rings. The molecule has 0 spiro atoms. The third kappa shape index (κ3) is 3.94. The van der Waals surface area contributed by atoms with Crippen LogP contribution in [-0.2, 0) is 17.8 Å². The zero-order valence-corrected chi connectivity index (χ0v) is 17.4. The van der Waals surface area contributed by atoms with Gasteiger partial charge in [-0.1, -0.05) is 23.7 Å². The number of hydrogen-bond donors (Lipinski definition) is 0. The third-order valence-electron chi connectivity index (χ3n) is 5.78. The van der Waals surface area contributed by atoms with Crippen LogP contribution in [0.25, 0.3) is 0 Å². The van der Waals surface area contributed by atoms with Crippen molar-refractivity contribution in [2.75, 3.05) is 13.1 Å². The Labute approximate surface area is 175 Å². The van der Waals surface area contributed by atoms with Gasteiger partial charge in [-0.2, -0.15) is 0 Å². The van der Waals surface area contributed by atoms with Crippen molar-refractivity contribution in [3.05, 3.63) is 57.9 Å². The summed E-state index contributed by atoms with van der Waals surface area (Å²) in [5.41, 5.74) is 3.59. The van der Waals surface area contributed by atoms with Crippen LogP contribution in [0, 0.1) is 13.8 Å². The summed E-state index contributed by atoms with van der Waals surface area (Å²) in [5.74, 6) is -0.484. The van der Waals surface area contributed by atoms with E-state index in [1.807, 2.05) is 44.2 Å². The molecule has 3 amide bonds. The van der Waals surface area contributed by atoms with Gasteiger partial charge in [-0.05, 0) is 56.9 Å². The number of aromatic nitrogens is 1. The zero-order valence-electron chi connectivity index (χ0n) is 16.7. The monoisotopic (exact) mass is 413 g/mol. The molecule has 1 aliphatic heterocycles. The number of urea groups is 1. The Kier molecular flexibility index (Phi) is 5.21. The molecular weight excluding hydrogens is 390 g/mol. The fraction of sp³-hybridized carbons (Fsp3) is 0.409. The molecule has 2 aliphatic rings. The van der Waals surface area contributed by atoms with Crippen LogP contribution in [-0.4, -0.2) is 51.2 Å². The maximum absolute atomic E-state index is 12.9. The number of nitrogens with zero attached hydrogens (tertiary/aromatic N) is 3. The summed E-state index contributed by atoms with van der Waals surface area (Å²) in [6.07, 6.45) is 2.70. The number of rotatable bonds is 7. The second-order valence-electron chi connectivity index (χ2n) is 7.86. The molecule has 0 radical (unpaired) electrons. The molecule has 1 saturated carbocycles. The molecule has 0 unspecified atom stereocenters. The van der Waals surface area contributed by atoms with E-state index in [1.165, 1.54) is 5.56 Å². The van der Waals surface area contributed by atoms with Crippen molar-refractivity contribution in [3.63, 3.8) is 0 Å². The molecule has 7 heteroatoms. The molecule has 2 aromatic rings. The first-order valence-corrected chi connectivity index (χ1v) is 10.3. The van der Waals surface area contributed by atoms with Crippen molar-refractivity contribution in [1.82, 2.24) is 14.4 Å². The molecule has 29 heavy (non-hydrogen) atoms. The van der Waals surface area contributed by atoms with Gasteiger partial charge in [-0.15, -0.1) is 0 Å². The Bertz CT molecular complexity index is 976. The zero-order chi connectivity index (χ0) is 20.7. The molecule has 0 bridgehead atoms. The first kappa shape index (κ1) is 19.7. The highest BCUT2D eigenvalue weighted by Gasteiger charge is 2.44. The summed E-state index contributed by atoms with van der Waals surface area (Å²) >= 11 is 5.94. The smallest absolute Gasteiger partial charge is 0.327 e. The van der Waals surface area contributed by atoms with E-state index in [2.05, 4.69) is 4.57 Å². The molecule has 1 aromatic heterocycles. The van der Waals surface area contributed by atoms with E-state index in [1.54, 1.807) is 4.90 Å². The molecule has 6 nitrogen and oxygen atoms in total. The summed E-state index contributed by atoms with van der Waals surface area (Å²) in [4.78, 5) is 40.3. The lowest BCUT2D eigenvalue weighted by molar-refractivity contribution is -0.125. The van der Waals surface area contributed by atoms with Crippen LogP contribution in [0.5, 0.6) is 0 Å². The Morgan fingerprint density at radius 1 is 1.14 bits per heavy atom. The number of hydrogen-bond acceptors (Lipinski definition) is 3. The maximum atomic E-state index is 12.9. The largest absolute Gasteiger partial charge is 0.348 e. The predicted octanol–water partition coefficient (Wildman–Crippen LogP) is 3.61. The van der Waals surface area contributed by atoms with Crippen LogP contribution in [0.4, 0.5) is 4.79 Å². The van der Waals surface area contributed by atoms with Crippen molar-refractivity contribution in [2.45, 2.75) is 45.7 Å². The molecule has 1 saturated heterocycles. The van der Waals surface area contributed by atoms with E-state index in [0.717, 1.165) is 42.1 Å². The molecule has 0 atom stereocenters. The lowest BCUT2D eigenvalue weighted by Crippen LogP contribution is -2.37. The van der Waals surface area contributed by atoms with Crippen LogP contribution in [0.3, 0.4) is 0 Å². The van der Waals surface area contributed by atoms with Gasteiger partial charge in [0, 0.05) is 34.6 Å². The first-order valence-electron chi connectivity index (χ1n) is 9.90. The Balaban J connectivity index is 1.45. The van der Waals surface area contributed by atoms with E-state index >= 15 is 0 Å². The molecule has 2 heterocycles. The highest BCUT2D eigenvalue weighted by molar-refractivity contribution is 6.30. The van der Waals surface area contributed by atoms with Gasteiger partial charge in [0.15, 0.2) is 5.78 Å². The number of aryl methyl sites for hydroxylation is 2. The first-order chi connectivity index (χ1) is 13.8. The van der Waals surface area contributed by atoms with Crippen molar-refractivity contribution >= 4 is 29.3 Å². The summed E-state index contributed by atoms with van der Waals surface area (Å²) in [6.45, 7) is 4.52. The quantitative estimate of drug-likeness (QED) is 0.514. The van der Waals surface area contributed by atoms with E-state index in [9.17, 15) is 14.4 Å². The molecule has 152 valence electrons. The molecule has 1 aliphatic carbocycles. The van der Waals surface area contributed by atoms with Crippen molar-refractivity contribution in [1.29, 1.82) is 0 Å². The number of Topliss-reactive ketones (excluding diaryl/α,β-unsaturated/α-hetero) is 1. The van der Waals surface area contributed by atoms with Gasteiger partial charge in [0.2, 0.25) is 0 Å². The number of amides is 3. The van der Waals surface area contributed by atoms with E-state index in [4.69, 9.17) is 11.6 Å². The highest BCUT2D eigenvalue weighted by Crippen LogP contribution is 2.30. The van der Waals surface area contributed by atoms with Gasteiger partial charge in [0.1, 0.15) is 6.54 Å². The Morgan fingerprint density at radius 2 is 1.83 bits per heavy atom. The van der Waals surface area contributed by atoms with E-state index in [-0.39, 0.29) is 36.9 Å². The fourth-order valence-electron chi connectivity index (χ4n) is 3.94. The lowest BCUT2D eigenvalue weighted by atomic mass is 10.1. The minimum atomic E-state index is -0.331. The molecule has 1 aromatic carbocycles. The SMILES string of the molecule is Cc1cc(C(=O)CN2C(=O)CN(C3CC3)C2=O)c(C)n1CCc1ccc(Cl)cc1. The highest BCUT2D eigenvalue weighted by atomic mass is 35.5. The van der Waals surface area contributed by atoms with Gasteiger partial charge in [0.25, 0.3) is 5.91 Å². The summed E-state index contributed by atoms with van der Waals surface area (Å²) in [6, 6.07) is 9.43. The summed E-state index contributed by atoms with van der Waals surface area (Å²) in [7, 11) is 0. The van der Waals surface area contributed by atoms with Crippen LogP contribution < -0.4 is 0 Å². The van der Waals surface area contributed by atoms with Gasteiger partial charge < -0.3 is 9.47 Å². The number of carbonyl (C=O) groups is 3. The minimum Gasteiger partial charge on any atom is -0.348 e. The van der Waals surface area contributed by atoms with Crippen LogP contribution in [0.15, 0.2) is 30.3 Å². The van der Waals surface area contributed by atoms with Crippen molar-refractivity contribution < 1.29 is 14.4 Å². The fourth-order valence-corrected chi connectivity index (χ4v) is 4.06. The topological polar surface area (TPSA) is 62.6 Å². The van der Waals surface area contributed by atoms with Gasteiger partial charge in [-0.3, -0.25) is 14.5 Å². The molecular formula is C22H24ClN3O3. The summed E-state index contributed by atoms with van der Waals surface area (Å²) in [5, 5.41) is 0.709. The van der Waals surface area contributed by atoms with Crippen molar-refractivity contribution in [3.8, 4) is 0 Å². The number of imide groups is 1. The average Bonchev–Trinajstić information content (AvgIpc) is 3.44. The Morgan fingerprint density at radius 3 is 2.48 bits per heavy atom. The average molecular weight is 414 g/mol. The lowest BCUT2D eigenvalue weighted by Gasteiger charge is -2.16. The van der Waals surface area contributed by atoms with Crippen molar-refractivity contribution in [2.24, 2.45) is 0 Å². The second kappa shape index (κ2) is 7.67. The Hall–Kier alpha value is -2.60. The number of benzene rings is 1. The van der Waals surface area contributed by atoms with Gasteiger partial charge in [-0.25, -0.2) is 4.79 Å². The molecule has 0 N–H and O–H groups in total. The summed E-state index contributed by atoms with van der Waals surface area (Å²) < 4.78 is 2.10. The normalized spacial score (nSPS) is 16.8. The number of ketones is 1. The van der Waals surface area contributed by atoms with Gasteiger partial charge in [0.05, 0.1) is 6.54 Å².